The molecule has 6 heteroatoms. The molecule has 1 fully saturated rings. The second kappa shape index (κ2) is 5.67. The number of carbonyl (C=O) groups is 2. The number of amides is 2. The van der Waals surface area contributed by atoms with Crippen molar-refractivity contribution in [2.45, 2.75) is 19.3 Å². The number of carbonyl (C=O) groups excluding carboxylic acids is 2. The average molecular weight is 215 g/mol. The number of nitrogens with two attached hydrogens (primary N) is 2. The van der Waals surface area contributed by atoms with Crippen molar-refractivity contribution in [3.63, 3.8) is 0 Å². The fourth-order valence-electron chi connectivity index (χ4n) is 1.92. The second-order valence-corrected chi connectivity index (χ2v) is 3.75. The van der Waals surface area contributed by atoms with Crippen LogP contribution in [0.15, 0.2) is 0 Å². The van der Waals surface area contributed by atoms with E-state index in [-0.39, 0.29) is 24.3 Å². The molecule has 2 amide bonds. The lowest BCUT2D eigenvalue weighted by Gasteiger charge is -2.16. The van der Waals surface area contributed by atoms with Crippen molar-refractivity contribution < 1.29 is 14.4 Å². The van der Waals surface area contributed by atoms with Gasteiger partial charge in [0.05, 0.1) is 0 Å². The van der Waals surface area contributed by atoms with Crippen molar-refractivity contribution in [1.29, 1.82) is 0 Å². The van der Waals surface area contributed by atoms with Gasteiger partial charge in [-0.05, 0) is 25.3 Å². The Balaban J connectivity index is 2.29. The highest BCUT2D eigenvalue weighted by Crippen LogP contribution is 2.30. The number of hydroxylamine groups is 1. The standard InChI is InChI=1S/C9H17N3O3/c10-4-6-2-1-3-7(6)9(14)12-15-5-8(11)13/h6-7H,1-5,10H2,(H2,11,13)(H,12,14). The summed E-state index contributed by atoms with van der Waals surface area (Å²) in [5.74, 6) is -0.689. The molecule has 0 aliphatic heterocycles. The molecule has 0 heterocycles. The van der Waals surface area contributed by atoms with Gasteiger partial charge in [0.25, 0.3) is 0 Å². The van der Waals surface area contributed by atoms with Crippen LogP contribution in [-0.4, -0.2) is 25.0 Å². The molecule has 1 aliphatic rings. The van der Waals surface area contributed by atoms with Gasteiger partial charge < -0.3 is 11.5 Å². The Hall–Kier alpha value is -1.14. The highest BCUT2D eigenvalue weighted by Gasteiger charge is 2.31. The second-order valence-electron chi connectivity index (χ2n) is 3.75. The minimum atomic E-state index is -0.614. The summed E-state index contributed by atoms with van der Waals surface area (Å²) in [5.41, 5.74) is 12.6. The van der Waals surface area contributed by atoms with Crippen LogP contribution in [0.25, 0.3) is 0 Å². The maximum absolute atomic E-state index is 11.6. The molecular weight excluding hydrogens is 198 g/mol. The van der Waals surface area contributed by atoms with Crippen molar-refractivity contribution in [2.75, 3.05) is 13.2 Å². The zero-order valence-electron chi connectivity index (χ0n) is 8.57. The van der Waals surface area contributed by atoms with Crippen molar-refractivity contribution in [3.8, 4) is 0 Å². The lowest BCUT2D eigenvalue weighted by atomic mass is 9.96. The van der Waals surface area contributed by atoms with E-state index in [9.17, 15) is 9.59 Å². The zero-order chi connectivity index (χ0) is 11.3. The number of hydrogen-bond acceptors (Lipinski definition) is 4. The van der Waals surface area contributed by atoms with Crippen LogP contribution in [-0.2, 0) is 14.4 Å². The normalized spacial score (nSPS) is 25.1. The lowest BCUT2D eigenvalue weighted by Crippen LogP contribution is -2.36. The van der Waals surface area contributed by atoms with Crippen LogP contribution in [0.3, 0.4) is 0 Å². The summed E-state index contributed by atoms with van der Waals surface area (Å²) in [7, 11) is 0. The molecule has 2 atom stereocenters. The third-order valence-corrected chi connectivity index (χ3v) is 2.69. The van der Waals surface area contributed by atoms with Gasteiger partial charge in [0.2, 0.25) is 11.8 Å². The summed E-state index contributed by atoms with van der Waals surface area (Å²) in [4.78, 5) is 26.5. The predicted octanol–water partition coefficient (Wildman–Crippen LogP) is -1.11. The summed E-state index contributed by atoms with van der Waals surface area (Å²) in [6.45, 7) is 0.208. The molecule has 1 rings (SSSR count). The van der Waals surface area contributed by atoms with Crippen molar-refractivity contribution in [3.05, 3.63) is 0 Å². The Morgan fingerprint density at radius 2 is 2.13 bits per heavy atom. The fraction of sp³-hybridized carbons (Fsp3) is 0.778. The predicted molar refractivity (Wildman–Crippen MR) is 53.2 cm³/mol. The van der Waals surface area contributed by atoms with Crippen LogP contribution in [0, 0.1) is 11.8 Å². The number of primary amides is 1. The third-order valence-electron chi connectivity index (χ3n) is 2.69. The quantitative estimate of drug-likeness (QED) is 0.505. The van der Waals surface area contributed by atoms with Gasteiger partial charge in [-0.25, -0.2) is 5.48 Å². The van der Waals surface area contributed by atoms with Crippen LogP contribution in [0.2, 0.25) is 0 Å². The first kappa shape index (κ1) is 11.9. The number of hydrogen-bond donors (Lipinski definition) is 3. The fourth-order valence-corrected chi connectivity index (χ4v) is 1.92. The number of rotatable bonds is 5. The molecule has 6 nitrogen and oxygen atoms in total. The number of nitrogens with one attached hydrogen (secondary N) is 1. The van der Waals surface area contributed by atoms with Gasteiger partial charge in [-0.2, -0.15) is 0 Å². The largest absolute Gasteiger partial charge is 0.368 e. The molecule has 0 aromatic rings. The van der Waals surface area contributed by atoms with Crippen LogP contribution < -0.4 is 16.9 Å². The van der Waals surface area contributed by atoms with Gasteiger partial charge in [0, 0.05) is 5.92 Å². The molecule has 0 aromatic carbocycles. The topological polar surface area (TPSA) is 107 Å². The van der Waals surface area contributed by atoms with E-state index in [0.717, 1.165) is 19.3 Å². The van der Waals surface area contributed by atoms with E-state index in [0.29, 0.717) is 6.54 Å². The van der Waals surface area contributed by atoms with Crippen LogP contribution in [0.1, 0.15) is 19.3 Å². The average Bonchev–Trinajstić information content (AvgIpc) is 2.64. The van der Waals surface area contributed by atoms with Crippen molar-refractivity contribution in [2.24, 2.45) is 23.3 Å². The highest BCUT2D eigenvalue weighted by atomic mass is 16.7. The Morgan fingerprint density at radius 3 is 2.73 bits per heavy atom. The molecule has 15 heavy (non-hydrogen) atoms. The molecule has 0 bridgehead atoms. The molecule has 0 spiro atoms. The molecule has 1 aliphatic carbocycles. The molecule has 0 saturated heterocycles. The first-order chi connectivity index (χ1) is 7.15. The van der Waals surface area contributed by atoms with E-state index in [1.807, 2.05) is 0 Å². The molecule has 1 saturated carbocycles. The van der Waals surface area contributed by atoms with Crippen LogP contribution >= 0.6 is 0 Å². The zero-order valence-corrected chi connectivity index (χ0v) is 8.57. The minimum absolute atomic E-state index is 0.0946. The van der Waals surface area contributed by atoms with Gasteiger partial charge in [-0.15, -0.1) is 0 Å². The van der Waals surface area contributed by atoms with Gasteiger partial charge in [-0.3, -0.25) is 14.4 Å². The van der Waals surface area contributed by atoms with E-state index in [1.165, 1.54) is 0 Å². The molecule has 2 unspecified atom stereocenters. The third kappa shape index (κ3) is 3.49. The Bertz CT molecular complexity index is 245. The van der Waals surface area contributed by atoms with E-state index in [4.69, 9.17) is 11.5 Å². The van der Waals surface area contributed by atoms with E-state index in [1.54, 1.807) is 0 Å². The van der Waals surface area contributed by atoms with Gasteiger partial charge >= 0.3 is 0 Å². The Labute approximate surface area is 88.3 Å². The smallest absolute Gasteiger partial charge is 0.246 e. The van der Waals surface area contributed by atoms with E-state index < -0.39 is 5.91 Å². The monoisotopic (exact) mass is 215 g/mol. The maximum atomic E-state index is 11.6. The first-order valence-electron chi connectivity index (χ1n) is 5.05. The molecule has 5 N–H and O–H groups in total. The molecule has 0 radical (unpaired) electrons. The summed E-state index contributed by atoms with van der Waals surface area (Å²) in [6, 6.07) is 0. The van der Waals surface area contributed by atoms with Crippen LogP contribution in [0.4, 0.5) is 0 Å². The maximum Gasteiger partial charge on any atom is 0.246 e. The SMILES string of the molecule is NCC1CCCC1C(=O)NOCC(N)=O. The molecular formula is C9H17N3O3. The van der Waals surface area contributed by atoms with Gasteiger partial charge in [-0.1, -0.05) is 6.42 Å². The molecule has 0 aromatic heterocycles. The lowest BCUT2D eigenvalue weighted by molar-refractivity contribution is -0.142. The molecule has 86 valence electrons. The first-order valence-corrected chi connectivity index (χ1v) is 5.05. The van der Waals surface area contributed by atoms with E-state index in [2.05, 4.69) is 10.3 Å². The van der Waals surface area contributed by atoms with Crippen LogP contribution in [0.5, 0.6) is 0 Å². The highest BCUT2D eigenvalue weighted by molar-refractivity contribution is 5.79. The van der Waals surface area contributed by atoms with E-state index >= 15 is 0 Å². The van der Waals surface area contributed by atoms with Crippen molar-refractivity contribution in [1.82, 2.24) is 5.48 Å². The van der Waals surface area contributed by atoms with Gasteiger partial charge in [0.1, 0.15) is 0 Å². The summed E-state index contributed by atoms with van der Waals surface area (Å²) < 4.78 is 0. The van der Waals surface area contributed by atoms with Crippen molar-refractivity contribution >= 4 is 11.8 Å². The summed E-state index contributed by atoms with van der Waals surface area (Å²) in [6.07, 6.45) is 2.81. The Morgan fingerprint density at radius 1 is 1.40 bits per heavy atom. The Kier molecular flexibility index (Phi) is 4.51. The summed E-state index contributed by atoms with van der Waals surface area (Å²) >= 11 is 0. The summed E-state index contributed by atoms with van der Waals surface area (Å²) in [5, 5.41) is 0. The van der Waals surface area contributed by atoms with Gasteiger partial charge in [0.15, 0.2) is 6.61 Å². The minimum Gasteiger partial charge on any atom is -0.368 e.